The average molecular weight is 1260 g/mol. The third-order valence-corrected chi connectivity index (χ3v) is 23.9. The average Bonchev–Trinajstić information content (AvgIpc) is 3.90. The molecule has 4 unspecified atom stereocenters. The molecule has 6 aromatic rings. The zero-order valence-electron chi connectivity index (χ0n) is 43.8. The predicted molar refractivity (Wildman–Crippen MR) is 305 cm³/mol. The molecule has 4 aromatic heterocycles. The molecule has 26 heteroatoms. The van der Waals surface area contributed by atoms with Gasteiger partial charge in [0.2, 0.25) is 0 Å². The first-order valence-electron chi connectivity index (χ1n) is 25.9. The molecule has 0 spiro atoms. The van der Waals surface area contributed by atoms with Crippen LogP contribution in [-0.2, 0) is 39.2 Å². The molecule has 1 N–H and O–H groups in total. The van der Waals surface area contributed by atoms with Crippen molar-refractivity contribution >= 4 is 98.9 Å². The third kappa shape index (κ3) is 10.2. The van der Waals surface area contributed by atoms with E-state index >= 15 is 0 Å². The van der Waals surface area contributed by atoms with Gasteiger partial charge < -0.3 is 61.4 Å². The predicted octanol–water partition coefficient (Wildman–Crippen LogP) is 9.77. The minimum absolute atomic E-state index is 0.111. The summed E-state index contributed by atoms with van der Waals surface area (Å²) in [6.45, 7) is 13.8. The number of rotatable bonds is 8. The van der Waals surface area contributed by atoms with Crippen LogP contribution in [0.5, 0.6) is 46.0 Å². The molecule has 0 saturated heterocycles. The Balaban J connectivity index is 0.000000209. The number of hydrogen-bond acceptors (Lipinski definition) is 23. The van der Waals surface area contributed by atoms with Crippen LogP contribution in [0.1, 0.15) is 73.2 Å². The molecule has 2 aromatic carbocycles. The Bertz CT molecular complexity index is 3770. The zero-order valence-corrected chi connectivity index (χ0v) is 50.3. The Morgan fingerprint density at radius 3 is 1.17 bits per heavy atom. The lowest BCUT2D eigenvalue weighted by molar-refractivity contribution is 0.0703. The molecule has 0 radical (unpaired) electrons. The van der Waals surface area contributed by atoms with Crippen LogP contribution in [0.25, 0.3) is 9.81 Å². The zero-order chi connectivity index (χ0) is 55.9. The summed E-state index contributed by atoms with van der Waals surface area (Å²) < 4.78 is 144. The van der Waals surface area contributed by atoms with Gasteiger partial charge in [0, 0.05) is 9.75 Å². The van der Waals surface area contributed by atoms with Crippen molar-refractivity contribution in [3.8, 4) is 46.0 Å². The largest absolute Gasteiger partial charge is 0.744 e. The van der Waals surface area contributed by atoms with Crippen LogP contribution in [0.4, 0.5) is 0 Å². The SMILES string of the molecule is CC(CC(C)c1ccc(S(=O)(=O)O)cc1)c1ccc(S(=O)(=O)[O-])cc1.Cc1sc(C2S/C(=c3/s/c(=c4/s/c(=C5/SC(c6sc(C)c7c6OCCO7)C6=C5OCCO6)c5c4OCCO5)c4c3OCCO4)C3=C2OCCO3)c2c1OCCO2. The summed E-state index contributed by atoms with van der Waals surface area (Å²) >= 11 is 9.97. The highest BCUT2D eigenvalue weighted by molar-refractivity contribution is 8.09. The van der Waals surface area contributed by atoms with Gasteiger partial charge in [0.15, 0.2) is 69.0 Å². The molecule has 0 amide bonds. The van der Waals surface area contributed by atoms with Crippen LogP contribution < -0.4 is 47.0 Å². The Hall–Kier alpha value is -5.42. The van der Waals surface area contributed by atoms with Crippen LogP contribution in [0.3, 0.4) is 0 Å². The number of hydrogen-bond donors (Lipinski definition) is 1. The molecule has 8 aliphatic rings. The first-order chi connectivity index (χ1) is 39.1. The summed E-state index contributed by atoms with van der Waals surface area (Å²) in [6.07, 6.45) is 0.745. The molecular weight excluding hydrogens is 1210 g/mol. The van der Waals surface area contributed by atoms with E-state index in [9.17, 15) is 21.4 Å². The number of ether oxygens (including phenoxy) is 12. The Morgan fingerprint density at radius 2 is 0.790 bits per heavy atom. The van der Waals surface area contributed by atoms with Crippen molar-refractivity contribution in [2.24, 2.45) is 0 Å². The maximum atomic E-state index is 11.1. The molecule has 4 atom stereocenters. The van der Waals surface area contributed by atoms with Crippen molar-refractivity contribution in [2.75, 3.05) is 79.3 Å². The van der Waals surface area contributed by atoms with E-state index in [4.69, 9.17) is 61.4 Å². The minimum atomic E-state index is -4.45. The topological polar surface area (TPSA) is 222 Å². The van der Waals surface area contributed by atoms with E-state index in [0.717, 1.165) is 111 Å². The second-order valence-corrected chi connectivity index (χ2v) is 29.1. The number of thioether (sulfide) groups is 2. The summed E-state index contributed by atoms with van der Waals surface area (Å²) in [6, 6.07) is 11.9. The minimum Gasteiger partial charge on any atom is -0.744 e. The molecule has 18 nitrogen and oxygen atoms in total. The molecule has 8 aliphatic heterocycles. The van der Waals surface area contributed by atoms with Gasteiger partial charge in [-0.25, -0.2) is 8.42 Å². The van der Waals surface area contributed by atoms with Gasteiger partial charge in [-0.2, -0.15) is 8.42 Å². The summed E-state index contributed by atoms with van der Waals surface area (Å²) in [7, 11) is -8.65. The van der Waals surface area contributed by atoms with Crippen molar-refractivity contribution in [1.82, 2.24) is 0 Å². The first kappa shape index (κ1) is 54.8. The van der Waals surface area contributed by atoms with E-state index in [1.54, 1.807) is 93.1 Å². The molecule has 0 fully saturated rings. The summed E-state index contributed by atoms with van der Waals surface area (Å²) in [5.41, 5.74) is 1.84. The molecule has 81 heavy (non-hydrogen) atoms. The van der Waals surface area contributed by atoms with E-state index in [2.05, 4.69) is 13.8 Å². The standard InChI is InChI=1S/C38H32O12S6.C17H20O6S2/c1-15-17-19(41-5-3-39-17)29(51-15)31-21-23(45-9-7-43-21)33(53-31)35-25-27(49-13-11-47-25)37(55-35)38-28-26(48-12-14-50-28)36(56-38)34-24-22(44-8-10-46-24)32(54-34)30-20-18(16(2)52-30)40-4-6-42-20;1-12(14-3-7-16(8-4-14)24(18,19)20)11-13(2)15-5-9-17(10-6-15)25(21,22)23/h31-32H,3-14H2,1-2H3;3-10,12-13H,11H2,1-2H3,(H,18,19,20)(H,21,22,23)/p-1/b35-33+,36-34+,38-37+;. The molecule has 428 valence electrons. The highest BCUT2D eigenvalue weighted by Gasteiger charge is 2.45. The van der Waals surface area contributed by atoms with Crippen LogP contribution in [0.15, 0.2) is 81.4 Å². The fourth-order valence-electron chi connectivity index (χ4n) is 10.5. The lowest BCUT2D eigenvalue weighted by Gasteiger charge is -2.21. The van der Waals surface area contributed by atoms with Crippen LogP contribution >= 0.6 is 68.9 Å². The number of fused-ring (bicyclic) bond motifs is 4. The van der Waals surface area contributed by atoms with Crippen molar-refractivity contribution in [3.63, 3.8) is 0 Å². The molecule has 12 heterocycles. The quantitative estimate of drug-likeness (QED) is 0.140. The summed E-state index contributed by atoms with van der Waals surface area (Å²) in [5, 5.41) is -0.312. The normalized spacial score (nSPS) is 22.2. The number of thiophene rings is 4. The second-order valence-electron chi connectivity index (χ2n) is 19.5. The van der Waals surface area contributed by atoms with Crippen molar-refractivity contribution in [2.45, 2.75) is 66.2 Å². The van der Waals surface area contributed by atoms with Crippen molar-refractivity contribution in [1.29, 1.82) is 0 Å². The van der Waals surface area contributed by atoms with Gasteiger partial charge in [-0.3, -0.25) is 4.55 Å². The van der Waals surface area contributed by atoms with Gasteiger partial charge in [-0.15, -0.1) is 68.9 Å². The number of aryl methyl sites for hydroxylation is 2. The van der Waals surface area contributed by atoms with E-state index in [0.29, 0.717) is 102 Å². The summed E-state index contributed by atoms with van der Waals surface area (Å²) in [4.78, 5) is 5.79. The lowest BCUT2D eigenvalue weighted by Crippen LogP contribution is -2.19. The summed E-state index contributed by atoms with van der Waals surface area (Å²) in [5.74, 6) is 9.30. The first-order valence-corrected chi connectivity index (χ1v) is 33.8. The number of benzene rings is 2. The highest BCUT2D eigenvalue weighted by atomic mass is 32.2. The van der Waals surface area contributed by atoms with Crippen molar-refractivity contribution in [3.05, 3.63) is 120 Å². The molecule has 0 aliphatic carbocycles. The fourth-order valence-corrected chi connectivity index (χ4v) is 19.4. The monoisotopic (exact) mass is 1260 g/mol. The molecular formula is C55H51O18S8-. The lowest BCUT2D eigenvalue weighted by atomic mass is 9.87. The van der Waals surface area contributed by atoms with Crippen LogP contribution in [0.2, 0.25) is 0 Å². The van der Waals surface area contributed by atoms with E-state index in [1.165, 1.54) is 24.3 Å². The van der Waals surface area contributed by atoms with E-state index in [-0.39, 0.29) is 32.1 Å². The highest BCUT2D eigenvalue weighted by Crippen LogP contribution is 2.62. The second kappa shape index (κ2) is 22.0. The van der Waals surface area contributed by atoms with Gasteiger partial charge in [-0.1, -0.05) is 38.1 Å². The Morgan fingerprint density at radius 1 is 0.457 bits per heavy atom. The molecule has 0 bridgehead atoms. The van der Waals surface area contributed by atoms with Gasteiger partial charge in [0.05, 0.1) is 47.5 Å². The van der Waals surface area contributed by atoms with Crippen LogP contribution in [-0.4, -0.2) is 105 Å². The smallest absolute Gasteiger partial charge is 0.294 e. The van der Waals surface area contributed by atoms with E-state index in [1.807, 2.05) is 13.8 Å². The van der Waals surface area contributed by atoms with Gasteiger partial charge in [0.25, 0.3) is 10.1 Å². The third-order valence-electron chi connectivity index (χ3n) is 14.2. The van der Waals surface area contributed by atoms with Crippen molar-refractivity contribution < 1.29 is 82.8 Å². The maximum absolute atomic E-state index is 11.1. The molecule has 14 rings (SSSR count). The van der Waals surface area contributed by atoms with Crippen LogP contribution in [0, 0.1) is 22.9 Å². The maximum Gasteiger partial charge on any atom is 0.294 e. The van der Waals surface area contributed by atoms with Gasteiger partial charge in [-0.05, 0) is 67.5 Å². The molecule has 0 saturated carbocycles. The Kier molecular flexibility index (Phi) is 14.9. The van der Waals surface area contributed by atoms with Gasteiger partial charge >= 0.3 is 0 Å². The fraction of sp³-hybridized carbons (Fsp3) is 0.382. The van der Waals surface area contributed by atoms with Gasteiger partial charge in [0.1, 0.15) is 99.9 Å². The van der Waals surface area contributed by atoms with E-state index < -0.39 is 20.2 Å². The Labute approximate surface area is 490 Å².